The lowest BCUT2D eigenvalue weighted by Crippen LogP contribution is -1.98. The highest BCUT2D eigenvalue weighted by Gasteiger charge is 2.16. The summed E-state index contributed by atoms with van der Waals surface area (Å²) in [6, 6.07) is 4.51. The summed E-state index contributed by atoms with van der Waals surface area (Å²) in [5, 5.41) is 15.2. The molecule has 4 nitrogen and oxygen atoms in total. The first kappa shape index (κ1) is 10.4. The van der Waals surface area contributed by atoms with Gasteiger partial charge in [0.15, 0.2) is 0 Å². The Hall–Kier alpha value is -2.17. The van der Waals surface area contributed by atoms with Gasteiger partial charge in [-0.05, 0) is 18.6 Å². The molecule has 0 unspecified atom stereocenters. The van der Waals surface area contributed by atoms with Crippen molar-refractivity contribution in [1.82, 2.24) is 10.2 Å². The van der Waals surface area contributed by atoms with E-state index >= 15 is 0 Å². The SMILES string of the molecule is Cc1c(F)cccc1-c1[nH]ncc1C(=O)O. The Balaban J connectivity index is 2.63. The van der Waals surface area contributed by atoms with Gasteiger partial charge in [0.05, 0.1) is 11.9 Å². The highest BCUT2D eigenvalue weighted by atomic mass is 19.1. The number of carboxylic acids is 1. The van der Waals surface area contributed by atoms with E-state index in [0.29, 0.717) is 16.8 Å². The number of hydrogen-bond donors (Lipinski definition) is 2. The molecule has 0 atom stereocenters. The molecule has 0 aliphatic carbocycles. The first-order valence-electron chi connectivity index (χ1n) is 4.63. The molecule has 0 fully saturated rings. The zero-order valence-corrected chi connectivity index (χ0v) is 8.49. The van der Waals surface area contributed by atoms with E-state index in [9.17, 15) is 9.18 Å². The van der Waals surface area contributed by atoms with Crippen LogP contribution in [0.3, 0.4) is 0 Å². The standard InChI is InChI=1S/C11H9FN2O2/c1-6-7(3-2-4-9(6)12)10-8(11(15)16)5-13-14-10/h2-5H,1H3,(H,13,14)(H,15,16). The zero-order valence-electron chi connectivity index (χ0n) is 8.49. The van der Waals surface area contributed by atoms with E-state index < -0.39 is 5.97 Å². The van der Waals surface area contributed by atoms with Gasteiger partial charge in [-0.25, -0.2) is 9.18 Å². The molecule has 0 saturated carbocycles. The van der Waals surface area contributed by atoms with Gasteiger partial charge in [-0.2, -0.15) is 5.10 Å². The highest BCUT2D eigenvalue weighted by Crippen LogP contribution is 2.25. The third-order valence-electron chi connectivity index (χ3n) is 2.41. The number of benzene rings is 1. The minimum absolute atomic E-state index is 0.0358. The fourth-order valence-corrected chi connectivity index (χ4v) is 1.53. The van der Waals surface area contributed by atoms with Gasteiger partial charge in [0, 0.05) is 5.56 Å². The van der Waals surface area contributed by atoms with Crippen molar-refractivity contribution in [1.29, 1.82) is 0 Å². The quantitative estimate of drug-likeness (QED) is 0.815. The number of carbonyl (C=O) groups is 1. The molecule has 2 rings (SSSR count). The Bertz CT molecular complexity index is 549. The summed E-state index contributed by atoms with van der Waals surface area (Å²) in [7, 11) is 0. The van der Waals surface area contributed by atoms with Crippen LogP contribution < -0.4 is 0 Å². The molecule has 1 aromatic heterocycles. The summed E-state index contributed by atoms with van der Waals surface area (Å²) < 4.78 is 13.3. The van der Waals surface area contributed by atoms with Crippen LogP contribution in [-0.4, -0.2) is 21.3 Å². The minimum Gasteiger partial charge on any atom is -0.478 e. The van der Waals surface area contributed by atoms with Crippen molar-refractivity contribution in [3.05, 3.63) is 41.3 Å². The van der Waals surface area contributed by atoms with Crippen LogP contribution >= 0.6 is 0 Å². The number of hydrogen-bond acceptors (Lipinski definition) is 2. The molecule has 2 aromatic rings. The maximum Gasteiger partial charge on any atom is 0.339 e. The molecule has 5 heteroatoms. The third-order valence-corrected chi connectivity index (χ3v) is 2.41. The molecule has 1 aromatic carbocycles. The Morgan fingerprint density at radius 1 is 1.50 bits per heavy atom. The number of nitrogens with zero attached hydrogens (tertiary/aromatic N) is 1. The van der Waals surface area contributed by atoms with E-state index in [1.54, 1.807) is 13.0 Å². The lowest BCUT2D eigenvalue weighted by atomic mass is 10.0. The number of halogens is 1. The zero-order chi connectivity index (χ0) is 11.7. The van der Waals surface area contributed by atoms with Crippen LogP contribution in [-0.2, 0) is 0 Å². The minimum atomic E-state index is -1.09. The maximum absolute atomic E-state index is 13.3. The number of aromatic carboxylic acids is 1. The van der Waals surface area contributed by atoms with Crippen molar-refractivity contribution >= 4 is 5.97 Å². The molecule has 0 aliphatic heterocycles. The van der Waals surface area contributed by atoms with Gasteiger partial charge in [-0.15, -0.1) is 0 Å². The van der Waals surface area contributed by atoms with E-state index in [-0.39, 0.29) is 11.4 Å². The summed E-state index contributed by atoms with van der Waals surface area (Å²) >= 11 is 0. The maximum atomic E-state index is 13.3. The molecule has 0 spiro atoms. The van der Waals surface area contributed by atoms with Crippen molar-refractivity contribution in [3.63, 3.8) is 0 Å². The van der Waals surface area contributed by atoms with Crippen molar-refractivity contribution < 1.29 is 14.3 Å². The molecule has 1 heterocycles. The molecule has 0 aliphatic rings. The normalized spacial score (nSPS) is 10.4. The summed E-state index contributed by atoms with van der Waals surface area (Å²) in [5.74, 6) is -1.46. The Kier molecular flexibility index (Phi) is 2.44. The summed E-state index contributed by atoms with van der Waals surface area (Å²) in [4.78, 5) is 10.9. The van der Waals surface area contributed by atoms with Crippen LogP contribution in [0.1, 0.15) is 15.9 Å². The second-order valence-electron chi connectivity index (χ2n) is 3.38. The Morgan fingerprint density at radius 3 is 2.94 bits per heavy atom. The average molecular weight is 220 g/mol. The van der Waals surface area contributed by atoms with Crippen molar-refractivity contribution in [2.75, 3.05) is 0 Å². The number of H-pyrrole nitrogens is 1. The smallest absolute Gasteiger partial charge is 0.339 e. The molecule has 0 amide bonds. The van der Waals surface area contributed by atoms with Gasteiger partial charge < -0.3 is 5.11 Å². The number of aromatic amines is 1. The number of rotatable bonds is 2. The van der Waals surface area contributed by atoms with Gasteiger partial charge in [0.25, 0.3) is 0 Å². The van der Waals surface area contributed by atoms with E-state index in [0.717, 1.165) is 0 Å². The van der Waals surface area contributed by atoms with Crippen molar-refractivity contribution in [2.24, 2.45) is 0 Å². The summed E-state index contributed by atoms with van der Waals surface area (Å²) in [6.45, 7) is 1.59. The number of carboxylic acid groups (broad SMARTS) is 1. The first-order chi connectivity index (χ1) is 7.61. The lowest BCUT2D eigenvalue weighted by molar-refractivity contribution is 0.0698. The van der Waals surface area contributed by atoms with Crippen LogP contribution in [0.25, 0.3) is 11.3 Å². The fourth-order valence-electron chi connectivity index (χ4n) is 1.53. The predicted octanol–water partition coefficient (Wildman–Crippen LogP) is 2.22. The molecule has 16 heavy (non-hydrogen) atoms. The second kappa shape index (κ2) is 3.77. The van der Waals surface area contributed by atoms with Gasteiger partial charge in [-0.3, -0.25) is 5.10 Å². The van der Waals surface area contributed by atoms with E-state index in [1.807, 2.05) is 0 Å². The monoisotopic (exact) mass is 220 g/mol. The Morgan fingerprint density at radius 2 is 2.25 bits per heavy atom. The van der Waals surface area contributed by atoms with Gasteiger partial charge >= 0.3 is 5.97 Å². The Labute approximate surface area is 90.7 Å². The van der Waals surface area contributed by atoms with Crippen LogP contribution in [0.4, 0.5) is 4.39 Å². The molecule has 82 valence electrons. The molecular formula is C11H9FN2O2. The number of aromatic nitrogens is 2. The van der Waals surface area contributed by atoms with Gasteiger partial charge in [0.1, 0.15) is 11.4 Å². The number of nitrogens with one attached hydrogen (secondary N) is 1. The third kappa shape index (κ3) is 1.56. The van der Waals surface area contributed by atoms with Crippen LogP contribution in [0.15, 0.2) is 24.4 Å². The van der Waals surface area contributed by atoms with Crippen molar-refractivity contribution in [2.45, 2.75) is 6.92 Å². The van der Waals surface area contributed by atoms with Crippen LogP contribution in [0, 0.1) is 12.7 Å². The highest BCUT2D eigenvalue weighted by molar-refractivity contribution is 5.94. The average Bonchev–Trinajstić information content (AvgIpc) is 2.70. The molecule has 2 N–H and O–H groups in total. The molecule has 0 bridgehead atoms. The fraction of sp³-hybridized carbons (Fsp3) is 0.0909. The molecular weight excluding hydrogens is 211 g/mol. The summed E-state index contributed by atoms with van der Waals surface area (Å²) in [5.41, 5.74) is 1.27. The van der Waals surface area contributed by atoms with Crippen LogP contribution in [0.5, 0.6) is 0 Å². The predicted molar refractivity (Wildman–Crippen MR) is 55.7 cm³/mol. The van der Waals surface area contributed by atoms with E-state index in [1.165, 1.54) is 18.3 Å². The van der Waals surface area contributed by atoms with Crippen molar-refractivity contribution in [3.8, 4) is 11.3 Å². The molecule has 0 radical (unpaired) electrons. The van der Waals surface area contributed by atoms with Gasteiger partial charge in [0.2, 0.25) is 0 Å². The van der Waals surface area contributed by atoms with Crippen LogP contribution in [0.2, 0.25) is 0 Å². The lowest BCUT2D eigenvalue weighted by Gasteiger charge is -2.05. The summed E-state index contributed by atoms with van der Waals surface area (Å²) in [6.07, 6.45) is 1.21. The largest absolute Gasteiger partial charge is 0.478 e. The van der Waals surface area contributed by atoms with Gasteiger partial charge in [-0.1, -0.05) is 12.1 Å². The van der Waals surface area contributed by atoms with E-state index in [4.69, 9.17) is 5.11 Å². The topological polar surface area (TPSA) is 66.0 Å². The second-order valence-corrected chi connectivity index (χ2v) is 3.38. The molecule has 0 saturated heterocycles. The van der Waals surface area contributed by atoms with E-state index in [2.05, 4.69) is 10.2 Å². The first-order valence-corrected chi connectivity index (χ1v) is 4.63.